The van der Waals surface area contributed by atoms with E-state index in [0.29, 0.717) is 13.0 Å². The first-order valence-electron chi connectivity index (χ1n) is 8.35. The van der Waals surface area contributed by atoms with Crippen molar-refractivity contribution in [3.63, 3.8) is 0 Å². The number of carbonyl (C=O) groups is 4. The molecule has 1 fully saturated rings. The van der Waals surface area contributed by atoms with Gasteiger partial charge in [0.25, 0.3) is 0 Å². The van der Waals surface area contributed by atoms with Gasteiger partial charge in [-0.25, -0.2) is 4.79 Å². The van der Waals surface area contributed by atoms with Gasteiger partial charge in [0.15, 0.2) is 0 Å². The zero-order valence-electron chi connectivity index (χ0n) is 16.2. The van der Waals surface area contributed by atoms with Crippen LogP contribution in [0.3, 0.4) is 0 Å². The molecule has 9 nitrogen and oxygen atoms in total. The third kappa shape index (κ3) is 5.60. The highest BCUT2D eigenvalue weighted by Crippen LogP contribution is 2.32. The maximum Gasteiger partial charge on any atom is 0.410 e. The second-order valence-corrected chi connectivity index (χ2v) is 7.47. The number of carbonyl (C=O) groups excluding carboxylic acids is 4. The van der Waals surface area contributed by atoms with Gasteiger partial charge >= 0.3 is 18.0 Å². The lowest BCUT2D eigenvalue weighted by atomic mass is 9.77. The van der Waals surface area contributed by atoms with Crippen LogP contribution in [0.4, 0.5) is 4.79 Å². The highest BCUT2D eigenvalue weighted by molar-refractivity contribution is 5.94. The van der Waals surface area contributed by atoms with Gasteiger partial charge in [0.2, 0.25) is 5.91 Å². The number of piperidine rings is 1. The topological polar surface area (TPSA) is 111 Å². The Morgan fingerprint density at radius 1 is 1.15 bits per heavy atom. The number of nitrogens with zero attached hydrogens (tertiary/aromatic N) is 1. The van der Waals surface area contributed by atoms with Crippen LogP contribution in [0.5, 0.6) is 0 Å². The van der Waals surface area contributed by atoms with Gasteiger partial charge in [-0.15, -0.1) is 0 Å². The highest BCUT2D eigenvalue weighted by atomic mass is 16.6. The van der Waals surface area contributed by atoms with Crippen molar-refractivity contribution in [2.45, 2.75) is 52.2 Å². The summed E-state index contributed by atoms with van der Waals surface area (Å²) >= 11 is 0. The molecule has 1 rings (SSSR count). The average Bonchev–Trinajstić information content (AvgIpc) is 2.54. The largest absolute Gasteiger partial charge is 0.469 e. The predicted octanol–water partition coefficient (Wildman–Crippen LogP) is 0.854. The third-order valence-corrected chi connectivity index (χ3v) is 4.15. The van der Waals surface area contributed by atoms with Gasteiger partial charge < -0.3 is 24.4 Å². The van der Waals surface area contributed by atoms with Gasteiger partial charge in [0.1, 0.15) is 17.4 Å². The maximum absolute atomic E-state index is 12.4. The Labute approximate surface area is 153 Å². The summed E-state index contributed by atoms with van der Waals surface area (Å²) in [4.78, 5) is 49.4. The van der Waals surface area contributed by atoms with Crippen LogP contribution in [0.15, 0.2) is 0 Å². The lowest BCUT2D eigenvalue weighted by Gasteiger charge is -2.44. The molecule has 0 aromatic heterocycles. The van der Waals surface area contributed by atoms with E-state index < -0.39 is 47.4 Å². The molecule has 2 atom stereocenters. The Hall–Kier alpha value is -2.32. The van der Waals surface area contributed by atoms with E-state index in [1.807, 2.05) is 0 Å². The number of amides is 2. The predicted molar refractivity (Wildman–Crippen MR) is 91.1 cm³/mol. The van der Waals surface area contributed by atoms with Crippen LogP contribution < -0.4 is 5.32 Å². The average molecular weight is 372 g/mol. The van der Waals surface area contributed by atoms with Crippen molar-refractivity contribution in [2.75, 3.05) is 27.3 Å². The monoisotopic (exact) mass is 372 g/mol. The standard InChI is InChI=1S/C17H28N2O7/c1-16(2,3)26-15(23)19-8-7-11(17(4,10-19)14(22)25-6)18-12(20)9-13(21)24-5/h11H,7-10H2,1-6H3,(H,18,20). The van der Waals surface area contributed by atoms with Gasteiger partial charge in [-0.05, 0) is 34.1 Å². The molecule has 9 heteroatoms. The van der Waals surface area contributed by atoms with Crippen molar-refractivity contribution in [2.24, 2.45) is 5.41 Å². The second kappa shape index (κ2) is 8.37. The molecule has 2 amide bonds. The summed E-state index contributed by atoms with van der Waals surface area (Å²) in [7, 11) is 2.43. The number of likely N-dealkylation sites (tertiary alicyclic amines) is 1. The fourth-order valence-corrected chi connectivity index (χ4v) is 2.79. The Balaban J connectivity index is 2.91. The van der Waals surface area contributed by atoms with Crippen molar-refractivity contribution in [3.05, 3.63) is 0 Å². The number of methoxy groups -OCH3 is 2. The molecule has 0 bridgehead atoms. The molecule has 0 aliphatic carbocycles. The fraction of sp³-hybridized carbons (Fsp3) is 0.765. The third-order valence-electron chi connectivity index (χ3n) is 4.15. The molecular weight excluding hydrogens is 344 g/mol. The molecule has 1 aliphatic rings. The Morgan fingerprint density at radius 2 is 1.77 bits per heavy atom. The summed E-state index contributed by atoms with van der Waals surface area (Å²) in [6.07, 6.45) is -0.662. The minimum atomic E-state index is -1.17. The Bertz CT molecular complexity index is 570. The quantitative estimate of drug-likeness (QED) is 0.442. The lowest BCUT2D eigenvalue weighted by Crippen LogP contribution is -2.61. The van der Waals surface area contributed by atoms with Crippen molar-refractivity contribution in [3.8, 4) is 0 Å². The molecule has 26 heavy (non-hydrogen) atoms. The molecule has 1 saturated heterocycles. The second-order valence-electron chi connectivity index (χ2n) is 7.47. The van der Waals surface area contributed by atoms with E-state index in [-0.39, 0.29) is 6.54 Å². The molecular formula is C17H28N2O7. The van der Waals surface area contributed by atoms with Crippen LogP contribution in [0.25, 0.3) is 0 Å². The van der Waals surface area contributed by atoms with Crippen molar-refractivity contribution >= 4 is 23.9 Å². The SMILES string of the molecule is COC(=O)CC(=O)NC1CCN(C(=O)OC(C)(C)C)CC1(C)C(=O)OC. The fourth-order valence-electron chi connectivity index (χ4n) is 2.79. The van der Waals surface area contributed by atoms with Crippen LogP contribution >= 0.6 is 0 Å². The minimum absolute atomic E-state index is 0.0256. The number of rotatable bonds is 4. The van der Waals surface area contributed by atoms with Crippen LogP contribution in [-0.2, 0) is 28.6 Å². The molecule has 148 valence electrons. The molecule has 0 aromatic carbocycles. The van der Waals surface area contributed by atoms with Gasteiger partial charge in [0, 0.05) is 19.1 Å². The maximum atomic E-state index is 12.4. The van der Waals surface area contributed by atoms with E-state index >= 15 is 0 Å². The van der Waals surface area contributed by atoms with Gasteiger partial charge in [0.05, 0.1) is 14.2 Å². The van der Waals surface area contributed by atoms with E-state index in [1.54, 1.807) is 27.7 Å². The number of nitrogens with one attached hydrogen (secondary N) is 1. The van der Waals surface area contributed by atoms with Crippen molar-refractivity contribution in [1.29, 1.82) is 0 Å². The summed E-state index contributed by atoms with van der Waals surface area (Å²) in [6.45, 7) is 7.19. The van der Waals surface area contributed by atoms with Crippen LogP contribution in [0.1, 0.15) is 40.5 Å². The van der Waals surface area contributed by atoms with Crippen molar-refractivity contribution in [1.82, 2.24) is 10.2 Å². The summed E-state index contributed by atoms with van der Waals surface area (Å²) in [5, 5.41) is 2.68. The highest BCUT2D eigenvalue weighted by Gasteiger charge is 2.49. The molecule has 1 aliphatic heterocycles. The lowest BCUT2D eigenvalue weighted by molar-refractivity contribution is -0.157. The summed E-state index contributed by atoms with van der Waals surface area (Å²) in [6, 6.07) is -0.592. The number of esters is 2. The first kappa shape index (κ1) is 21.7. The molecule has 0 aromatic rings. The Morgan fingerprint density at radius 3 is 2.27 bits per heavy atom. The Kier molecular flexibility index (Phi) is 7.00. The van der Waals surface area contributed by atoms with Gasteiger partial charge in [-0.1, -0.05) is 0 Å². The van der Waals surface area contributed by atoms with E-state index in [9.17, 15) is 19.2 Å². The van der Waals surface area contributed by atoms with Crippen LogP contribution in [0, 0.1) is 5.41 Å². The van der Waals surface area contributed by atoms with E-state index in [4.69, 9.17) is 9.47 Å². The zero-order valence-corrected chi connectivity index (χ0v) is 16.2. The van der Waals surface area contributed by atoms with Crippen molar-refractivity contribution < 1.29 is 33.4 Å². The summed E-state index contributed by atoms with van der Waals surface area (Å²) in [5.74, 6) is -1.79. The normalized spacial score (nSPS) is 23.0. The van der Waals surface area contributed by atoms with Crippen LogP contribution in [-0.4, -0.2) is 67.8 Å². The van der Waals surface area contributed by atoms with Gasteiger partial charge in [-0.3, -0.25) is 14.4 Å². The number of ether oxygens (including phenoxy) is 3. The van der Waals surface area contributed by atoms with E-state index in [1.165, 1.54) is 19.1 Å². The minimum Gasteiger partial charge on any atom is -0.469 e. The molecule has 0 spiro atoms. The van der Waals surface area contributed by atoms with E-state index in [0.717, 1.165) is 0 Å². The van der Waals surface area contributed by atoms with Gasteiger partial charge in [-0.2, -0.15) is 0 Å². The number of hydrogen-bond acceptors (Lipinski definition) is 7. The molecule has 0 radical (unpaired) electrons. The zero-order chi connectivity index (χ0) is 20.1. The molecule has 2 unspecified atom stereocenters. The molecule has 1 N–H and O–H groups in total. The van der Waals surface area contributed by atoms with E-state index in [2.05, 4.69) is 10.1 Å². The first-order chi connectivity index (χ1) is 11.9. The summed E-state index contributed by atoms with van der Waals surface area (Å²) in [5.41, 5.74) is -1.83. The number of hydrogen-bond donors (Lipinski definition) is 1. The van der Waals surface area contributed by atoms with Crippen LogP contribution in [0.2, 0.25) is 0 Å². The summed E-state index contributed by atoms with van der Waals surface area (Å²) < 4.78 is 14.7. The first-order valence-corrected chi connectivity index (χ1v) is 8.35. The molecule has 1 heterocycles. The molecule has 0 saturated carbocycles. The smallest absolute Gasteiger partial charge is 0.410 e.